The highest BCUT2D eigenvalue weighted by molar-refractivity contribution is 7.92. The summed E-state index contributed by atoms with van der Waals surface area (Å²) < 4.78 is 24.9. The van der Waals surface area contributed by atoms with Crippen molar-refractivity contribution in [3.05, 3.63) is 28.8 Å². The van der Waals surface area contributed by atoms with Gasteiger partial charge in [-0.2, -0.15) is 0 Å². The molecule has 0 aromatic heterocycles. The number of halogens is 1. The van der Waals surface area contributed by atoms with E-state index in [-0.39, 0.29) is 16.6 Å². The second-order valence-corrected chi connectivity index (χ2v) is 7.32. The van der Waals surface area contributed by atoms with Gasteiger partial charge in [-0.15, -0.1) is 0 Å². The van der Waals surface area contributed by atoms with E-state index in [9.17, 15) is 13.2 Å². The van der Waals surface area contributed by atoms with Crippen LogP contribution in [0, 0.1) is 0 Å². The molecule has 1 aliphatic rings. The molecule has 1 aliphatic heterocycles. The Morgan fingerprint density at radius 2 is 1.86 bits per heavy atom. The molecule has 0 bridgehead atoms. The van der Waals surface area contributed by atoms with E-state index in [2.05, 4.69) is 9.62 Å². The lowest BCUT2D eigenvalue weighted by molar-refractivity contribution is 0.0664. The highest BCUT2D eigenvalue weighted by atomic mass is 35.5. The fraction of sp³-hybridized carbons (Fsp3) is 0.462. The molecule has 6 nitrogen and oxygen atoms in total. The van der Waals surface area contributed by atoms with Crippen molar-refractivity contribution in [2.24, 2.45) is 0 Å². The summed E-state index contributed by atoms with van der Waals surface area (Å²) in [5.74, 6) is -0.115. The molecule has 1 amide bonds. The van der Waals surface area contributed by atoms with Gasteiger partial charge in [0.2, 0.25) is 10.0 Å². The number of rotatable bonds is 3. The first-order chi connectivity index (χ1) is 9.76. The van der Waals surface area contributed by atoms with Crippen LogP contribution in [-0.2, 0) is 10.0 Å². The lowest BCUT2D eigenvalue weighted by Crippen LogP contribution is -2.47. The molecular weight excluding hydrogens is 314 g/mol. The topological polar surface area (TPSA) is 69.7 Å². The number of benzene rings is 1. The third kappa shape index (κ3) is 4.33. The van der Waals surface area contributed by atoms with Crippen molar-refractivity contribution in [2.75, 3.05) is 44.2 Å². The summed E-state index contributed by atoms with van der Waals surface area (Å²) in [4.78, 5) is 16.3. The zero-order valence-electron chi connectivity index (χ0n) is 12.0. The van der Waals surface area contributed by atoms with Gasteiger partial charge in [0.1, 0.15) is 0 Å². The summed E-state index contributed by atoms with van der Waals surface area (Å²) in [6.07, 6.45) is 1.04. The van der Waals surface area contributed by atoms with E-state index in [0.29, 0.717) is 18.7 Å². The van der Waals surface area contributed by atoms with E-state index < -0.39 is 10.0 Å². The Kier molecular flexibility index (Phi) is 4.75. The summed E-state index contributed by atoms with van der Waals surface area (Å²) in [6, 6.07) is 4.61. The Balaban J connectivity index is 2.20. The van der Waals surface area contributed by atoms with Gasteiger partial charge in [0.15, 0.2) is 0 Å². The number of carbonyl (C=O) groups excluding carboxylic acids is 1. The number of carbonyl (C=O) groups is 1. The number of nitrogens with one attached hydrogen (secondary N) is 1. The number of hydrogen-bond donors (Lipinski definition) is 1. The molecule has 1 aromatic carbocycles. The van der Waals surface area contributed by atoms with Crippen LogP contribution in [0.25, 0.3) is 0 Å². The van der Waals surface area contributed by atoms with Gasteiger partial charge in [-0.05, 0) is 25.2 Å². The molecule has 21 heavy (non-hydrogen) atoms. The second kappa shape index (κ2) is 6.21. The van der Waals surface area contributed by atoms with Crippen molar-refractivity contribution in [1.29, 1.82) is 0 Å². The van der Waals surface area contributed by atoms with Gasteiger partial charge in [-0.3, -0.25) is 9.52 Å². The summed E-state index contributed by atoms with van der Waals surface area (Å²) in [7, 11) is -1.43. The molecule has 0 unspecified atom stereocenters. The Morgan fingerprint density at radius 1 is 1.24 bits per heavy atom. The smallest absolute Gasteiger partial charge is 0.254 e. The lowest BCUT2D eigenvalue weighted by atomic mass is 10.1. The van der Waals surface area contributed by atoms with Gasteiger partial charge in [-0.1, -0.05) is 11.6 Å². The van der Waals surface area contributed by atoms with Crippen molar-refractivity contribution in [2.45, 2.75) is 0 Å². The zero-order valence-corrected chi connectivity index (χ0v) is 13.5. The van der Waals surface area contributed by atoms with E-state index >= 15 is 0 Å². The monoisotopic (exact) mass is 331 g/mol. The van der Waals surface area contributed by atoms with Gasteiger partial charge in [-0.25, -0.2) is 8.42 Å². The fourth-order valence-corrected chi connectivity index (χ4v) is 2.92. The van der Waals surface area contributed by atoms with Crippen LogP contribution in [0.4, 0.5) is 5.69 Å². The SMILES string of the molecule is CN1CCN(C(=O)c2ccc(Cl)c(NS(C)(=O)=O)c2)CC1. The number of anilines is 1. The minimum Gasteiger partial charge on any atom is -0.336 e. The number of likely N-dealkylation sites (N-methyl/N-ethyl adjacent to an activating group) is 1. The molecular formula is C13H18ClN3O3S. The minimum absolute atomic E-state index is 0.115. The van der Waals surface area contributed by atoms with Gasteiger partial charge in [0.05, 0.1) is 17.0 Å². The average molecular weight is 332 g/mol. The number of sulfonamides is 1. The van der Waals surface area contributed by atoms with Crippen LogP contribution in [0.1, 0.15) is 10.4 Å². The molecule has 1 saturated heterocycles. The van der Waals surface area contributed by atoms with Crippen molar-refractivity contribution >= 4 is 33.2 Å². The number of piperazine rings is 1. The maximum Gasteiger partial charge on any atom is 0.254 e. The standard InChI is InChI=1S/C13H18ClN3O3S/c1-16-5-7-17(8-6-16)13(18)10-3-4-11(14)12(9-10)15-21(2,19)20/h3-4,9,15H,5-8H2,1-2H3. The molecule has 0 atom stereocenters. The van der Waals surface area contributed by atoms with Crippen LogP contribution < -0.4 is 4.72 Å². The van der Waals surface area contributed by atoms with E-state index in [0.717, 1.165) is 19.3 Å². The Labute approximate surface area is 129 Å². The summed E-state index contributed by atoms with van der Waals surface area (Å²) in [5, 5.41) is 0.260. The highest BCUT2D eigenvalue weighted by Crippen LogP contribution is 2.24. The van der Waals surface area contributed by atoms with Gasteiger partial charge in [0, 0.05) is 31.7 Å². The Morgan fingerprint density at radius 3 is 2.43 bits per heavy atom. The lowest BCUT2D eigenvalue weighted by Gasteiger charge is -2.32. The predicted molar refractivity (Wildman–Crippen MR) is 83.3 cm³/mol. The normalized spacial score (nSPS) is 16.8. The summed E-state index contributed by atoms with van der Waals surface area (Å²) in [5.41, 5.74) is 0.647. The quantitative estimate of drug-likeness (QED) is 0.900. The molecule has 116 valence electrons. The first-order valence-corrected chi connectivity index (χ1v) is 8.78. The van der Waals surface area contributed by atoms with E-state index in [1.165, 1.54) is 12.1 Å². The van der Waals surface area contributed by atoms with Gasteiger partial charge < -0.3 is 9.80 Å². The van der Waals surface area contributed by atoms with Gasteiger partial charge >= 0.3 is 0 Å². The molecule has 1 aromatic rings. The Bertz CT molecular complexity index is 640. The van der Waals surface area contributed by atoms with Crippen LogP contribution in [0.2, 0.25) is 5.02 Å². The van der Waals surface area contributed by atoms with E-state index in [4.69, 9.17) is 11.6 Å². The van der Waals surface area contributed by atoms with Crippen LogP contribution in [0.3, 0.4) is 0 Å². The zero-order chi connectivity index (χ0) is 15.6. The molecule has 1 fully saturated rings. The third-order valence-corrected chi connectivity index (χ3v) is 4.22. The predicted octanol–water partition coefficient (Wildman–Crippen LogP) is 1.10. The summed E-state index contributed by atoms with van der Waals surface area (Å²) in [6.45, 7) is 2.97. The molecule has 2 rings (SSSR count). The van der Waals surface area contributed by atoms with Crippen molar-refractivity contribution in [1.82, 2.24) is 9.80 Å². The van der Waals surface area contributed by atoms with Crippen LogP contribution in [-0.4, -0.2) is 63.6 Å². The largest absolute Gasteiger partial charge is 0.336 e. The number of nitrogens with zero attached hydrogens (tertiary/aromatic N) is 2. The average Bonchev–Trinajstić information content (AvgIpc) is 2.40. The minimum atomic E-state index is -3.44. The first-order valence-electron chi connectivity index (χ1n) is 6.51. The van der Waals surface area contributed by atoms with Crippen molar-refractivity contribution < 1.29 is 13.2 Å². The van der Waals surface area contributed by atoms with Crippen LogP contribution in [0.15, 0.2) is 18.2 Å². The number of hydrogen-bond acceptors (Lipinski definition) is 4. The van der Waals surface area contributed by atoms with Crippen molar-refractivity contribution in [3.8, 4) is 0 Å². The van der Waals surface area contributed by atoms with E-state index in [1.807, 2.05) is 7.05 Å². The second-order valence-electron chi connectivity index (χ2n) is 5.16. The fourth-order valence-electron chi connectivity index (χ4n) is 2.13. The summed E-state index contributed by atoms with van der Waals surface area (Å²) >= 11 is 5.95. The highest BCUT2D eigenvalue weighted by Gasteiger charge is 2.21. The maximum atomic E-state index is 12.4. The third-order valence-electron chi connectivity index (χ3n) is 3.30. The maximum absolute atomic E-state index is 12.4. The molecule has 0 aliphatic carbocycles. The van der Waals surface area contributed by atoms with Crippen LogP contribution in [0.5, 0.6) is 0 Å². The molecule has 8 heteroatoms. The molecule has 1 N–H and O–H groups in total. The van der Waals surface area contributed by atoms with Crippen molar-refractivity contribution in [3.63, 3.8) is 0 Å². The molecule has 0 spiro atoms. The molecule has 1 heterocycles. The molecule has 0 radical (unpaired) electrons. The van der Waals surface area contributed by atoms with Gasteiger partial charge in [0.25, 0.3) is 5.91 Å². The van der Waals surface area contributed by atoms with E-state index in [1.54, 1.807) is 11.0 Å². The van der Waals surface area contributed by atoms with Crippen LogP contribution >= 0.6 is 11.6 Å². The molecule has 0 saturated carbocycles. The first kappa shape index (κ1) is 16.1. The number of amides is 1. The Hall–Kier alpha value is -1.31.